The van der Waals surface area contributed by atoms with Gasteiger partial charge in [0.1, 0.15) is 5.76 Å². The molecule has 1 fully saturated rings. The molecule has 1 amide bonds. The highest BCUT2D eigenvalue weighted by Gasteiger charge is 2.20. The second-order valence-electron chi connectivity index (χ2n) is 8.65. The van der Waals surface area contributed by atoms with Gasteiger partial charge >= 0.3 is 0 Å². The minimum atomic E-state index is -0.341. The molecule has 1 saturated heterocycles. The van der Waals surface area contributed by atoms with Crippen LogP contribution in [-0.2, 0) is 6.54 Å². The van der Waals surface area contributed by atoms with Gasteiger partial charge in [-0.05, 0) is 66.2 Å². The van der Waals surface area contributed by atoms with Crippen LogP contribution < -0.4 is 10.2 Å². The standard InChI is InChI=1S/C28H24Cl3N3O2/c29-21-7-5-19(6-8-21)26-11-12-27(36-26)28(35)32-22-9-10-25(24(31)17-22)34-15-13-33(14-16-34)18-20-3-1-2-4-23(20)30/h1-12,17H,13-16,18H2,(H,32,35). The Hall–Kier alpha value is -2.96. The molecule has 0 saturated carbocycles. The number of hydrogen-bond acceptors (Lipinski definition) is 4. The van der Waals surface area contributed by atoms with Crippen LogP contribution >= 0.6 is 34.8 Å². The lowest BCUT2D eigenvalue weighted by Crippen LogP contribution is -2.46. The van der Waals surface area contributed by atoms with Gasteiger partial charge in [-0.2, -0.15) is 0 Å². The van der Waals surface area contributed by atoms with Gasteiger partial charge in [0, 0.05) is 54.0 Å². The summed E-state index contributed by atoms with van der Waals surface area (Å²) in [7, 11) is 0. The lowest BCUT2D eigenvalue weighted by atomic mass is 10.2. The molecule has 1 N–H and O–H groups in total. The first kappa shape index (κ1) is 24.7. The number of halogens is 3. The number of carbonyl (C=O) groups excluding carboxylic acids is 1. The van der Waals surface area contributed by atoms with Crippen molar-refractivity contribution in [3.05, 3.63) is 105 Å². The second-order valence-corrected chi connectivity index (χ2v) is 9.90. The molecule has 1 aliphatic heterocycles. The number of furan rings is 1. The molecule has 36 heavy (non-hydrogen) atoms. The molecular formula is C28H24Cl3N3O2. The smallest absolute Gasteiger partial charge is 0.291 e. The SMILES string of the molecule is O=C(Nc1ccc(N2CCN(Cc3ccccc3Cl)CC2)c(Cl)c1)c1ccc(-c2ccc(Cl)cc2)o1. The van der Waals surface area contributed by atoms with Gasteiger partial charge in [0.2, 0.25) is 0 Å². The van der Waals surface area contributed by atoms with Crippen LogP contribution in [0.5, 0.6) is 0 Å². The molecule has 5 rings (SSSR count). The van der Waals surface area contributed by atoms with Crippen LogP contribution in [0.1, 0.15) is 16.1 Å². The van der Waals surface area contributed by atoms with E-state index in [0.29, 0.717) is 21.5 Å². The van der Waals surface area contributed by atoms with E-state index in [9.17, 15) is 4.79 Å². The predicted molar refractivity (Wildman–Crippen MR) is 148 cm³/mol. The van der Waals surface area contributed by atoms with Crippen LogP contribution in [0.25, 0.3) is 11.3 Å². The highest BCUT2D eigenvalue weighted by atomic mass is 35.5. The van der Waals surface area contributed by atoms with E-state index >= 15 is 0 Å². The number of piperazine rings is 1. The second kappa shape index (κ2) is 11.0. The van der Waals surface area contributed by atoms with E-state index in [1.54, 1.807) is 30.3 Å². The van der Waals surface area contributed by atoms with Crippen LogP contribution in [0.3, 0.4) is 0 Å². The van der Waals surface area contributed by atoms with E-state index in [0.717, 1.165) is 54.6 Å². The molecule has 1 aromatic heterocycles. The summed E-state index contributed by atoms with van der Waals surface area (Å²) in [5.41, 5.74) is 3.55. The fourth-order valence-electron chi connectivity index (χ4n) is 4.28. The monoisotopic (exact) mass is 539 g/mol. The van der Waals surface area contributed by atoms with Crippen molar-refractivity contribution in [1.82, 2.24) is 4.90 Å². The summed E-state index contributed by atoms with van der Waals surface area (Å²) < 4.78 is 5.74. The summed E-state index contributed by atoms with van der Waals surface area (Å²) in [6.45, 7) is 4.37. The van der Waals surface area contributed by atoms with Gasteiger partial charge in [0.25, 0.3) is 5.91 Å². The first-order valence-electron chi connectivity index (χ1n) is 11.6. The maximum absolute atomic E-state index is 12.7. The number of hydrogen-bond donors (Lipinski definition) is 1. The summed E-state index contributed by atoms with van der Waals surface area (Å²) in [5.74, 6) is 0.473. The summed E-state index contributed by atoms with van der Waals surface area (Å²) in [5, 5.41) is 4.90. The summed E-state index contributed by atoms with van der Waals surface area (Å²) >= 11 is 18.9. The maximum Gasteiger partial charge on any atom is 0.291 e. The minimum absolute atomic E-state index is 0.217. The first-order chi connectivity index (χ1) is 17.5. The van der Waals surface area contributed by atoms with Crippen LogP contribution in [0, 0.1) is 0 Å². The quantitative estimate of drug-likeness (QED) is 0.275. The number of nitrogens with zero attached hydrogens (tertiary/aromatic N) is 2. The zero-order valence-corrected chi connectivity index (χ0v) is 21.7. The van der Waals surface area contributed by atoms with Crippen LogP contribution in [-0.4, -0.2) is 37.0 Å². The number of carbonyl (C=O) groups is 1. The van der Waals surface area contributed by atoms with E-state index in [-0.39, 0.29) is 11.7 Å². The van der Waals surface area contributed by atoms with E-state index in [1.165, 1.54) is 0 Å². The van der Waals surface area contributed by atoms with Crippen molar-refractivity contribution in [3.8, 4) is 11.3 Å². The van der Waals surface area contributed by atoms with Crippen LogP contribution in [0.2, 0.25) is 15.1 Å². The Morgan fingerprint density at radius 2 is 1.58 bits per heavy atom. The van der Waals surface area contributed by atoms with Gasteiger partial charge < -0.3 is 14.6 Å². The van der Waals surface area contributed by atoms with Crippen molar-refractivity contribution in [2.45, 2.75) is 6.54 Å². The topological polar surface area (TPSA) is 48.7 Å². The fourth-order valence-corrected chi connectivity index (χ4v) is 4.90. The maximum atomic E-state index is 12.7. The predicted octanol–water partition coefficient (Wildman–Crippen LogP) is 7.48. The Bertz CT molecular complexity index is 1360. The Labute approximate surface area is 225 Å². The van der Waals surface area contributed by atoms with Crippen LogP contribution in [0.4, 0.5) is 11.4 Å². The summed E-state index contributed by atoms with van der Waals surface area (Å²) in [4.78, 5) is 17.4. The minimum Gasteiger partial charge on any atom is -0.451 e. The average Bonchev–Trinajstić information content (AvgIpc) is 3.37. The normalized spacial score (nSPS) is 14.1. The number of anilines is 2. The number of benzene rings is 3. The van der Waals surface area contributed by atoms with E-state index in [2.05, 4.69) is 21.2 Å². The summed E-state index contributed by atoms with van der Waals surface area (Å²) in [6, 6.07) is 24.2. The van der Waals surface area contributed by atoms with Crippen molar-refractivity contribution in [2.24, 2.45) is 0 Å². The third-order valence-electron chi connectivity index (χ3n) is 6.23. The van der Waals surface area contributed by atoms with Gasteiger partial charge in [-0.3, -0.25) is 9.69 Å². The molecule has 0 bridgehead atoms. The lowest BCUT2D eigenvalue weighted by molar-refractivity contribution is 0.0997. The molecule has 0 radical (unpaired) electrons. The van der Waals surface area contributed by atoms with E-state index < -0.39 is 0 Å². The molecule has 3 aromatic carbocycles. The molecule has 0 spiro atoms. The lowest BCUT2D eigenvalue weighted by Gasteiger charge is -2.36. The Morgan fingerprint density at radius 1 is 0.833 bits per heavy atom. The van der Waals surface area contributed by atoms with E-state index in [1.807, 2.05) is 42.5 Å². The summed E-state index contributed by atoms with van der Waals surface area (Å²) in [6.07, 6.45) is 0. The Balaban J connectivity index is 1.19. The highest BCUT2D eigenvalue weighted by Crippen LogP contribution is 2.31. The van der Waals surface area contributed by atoms with Crippen molar-refractivity contribution < 1.29 is 9.21 Å². The zero-order chi connectivity index (χ0) is 25.1. The molecular weight excluding hydrogens is 517 g/mol. The number of rotatable bonds is 6. The molecule has 184 valence electrons. The molecule has 2 heterocycles. The molecule has 0 unspecified atom stereocenters. The van der Waals surface area contributed by atoms with Gasteiger partial charge in [0.15, 0.2) is 5.76 Å². The molecule has 4 aromatic rings. The zero-order valence-electron chi connectivity index (χ0n) is 19.4. The number of nitrogens with one attached hydrogen (secondary N) is 1. The molecule has 0 aliphatic carbocycles. The first-order valence-corrected chi connectivity index (χ1v) is 12.8. The molecule has 0 atom stereocenters. The van der Waals surface area contributed by atoms with Crippen LogP contribution in [0.15, 0.2) is 83.3 Å². The Morgan fingerprint density at radius 3 is 2.31 bits per heavy atom. The molecule has 8 heteroatoms. The number of amides is 1. The average molecular weight is 541 g/mol. The largest absolute Gasteiger partial charge is 0.451 e. The van der Waals surface area contributed by atoms with Gasteiger partial charge in [-0.1, -0.05) is 53.0 Å². The highest BCUT2D eigenvalue weighted by molar-refractivity contribution is 6.33. The third kappa shape index (κ3) is 5.71. The van der Waals surface area contributed by atoms with Crippen molar-refractivity contribution >= 4 is 52.1 Å². The van der Waals surface area contributed by atoms with Crippen molar-refractivity contribution in [1.29, 1.82) is 0 Å². The van der Waals surface area contributed by atoms with Gasteiger partial charge in [-0.15, -0.1) is 0 Å². The third-order valence-corrected chi connectivity index (χ3v) is 7.15. The Kier molecular flexibility index (Phi) is 7.54. The van der Waals surface area contributed by atoms with Gasteiger partial charge in [0.05, 0.1) is 10.7 Å². The fraction of sp³-hybridized carbons (Fsp3) is 0.179. The molecule has 1 aliphatic rings. The van der Waals surface area contributed by atoms with Crippen molar-refractivity contribution in [3.63, 3.8) is 0 Å². The van der Waals surface area contributed by atoms with Crippen molar-refractivity contribution in [2.75, 3.05) is 36.4 Å². The molecule has 5 nitrogen and oxygen atoms in total. The van der Waals surface area contributed by atoms with Gasteiger partial charge in [-0.25, -0.2) is 0 Å². The van der Waals surface area contributed by atoms with E-state index in [4.69, 9.17) is 39.2 Å².